The van der Waals surface area contributed by atoms with Crippen LogP contribution in [-0.4, -0.2) is 39.6 Å². The van der Waals surface area contributed by atoms with E-state index < -0.39 is 0 Å². The third kappa shape index (κ3) is 4.38. The lowest BCUT2D eigenvalue weighted by Gasteiger charge is -2.16. The molecule has 1 aliphatic heterocycles. The number of hydrogen-bond acceptors (Lipinski definition) is 3. The molecular formula is C27H33N3O2. The van der Waals surface area contributed by atoms with Gasteiger partial charge in [-0.1, -0.05) is 38.1 Å². The number of fused-ring (bicyclic) bond motifs is 1. The lowest BCUT2D eigenvalue weighted by atomic mass is 10.0. The number of amides is 1. The Bertz CT molecular complexity index is 1080. The van der Waals surface area contributed by atoms with Gasteiger partial charge in [0.15, 0.2) is 0 Å². The van der Waals surface area contributed by atoms with E-state index in [0.717, 1.165) is 55.9 Å². The van der Waals surface area contributed by atoms with Crippen molar-refractivity contribution < 1.29 is 9.53 Å². The summed E-state index contributed by atoms with van der Waals surface area (Å²) < 4.78 is 8.31. The van der Waals surface area contributed by atoms with Crippen LogP contribution >= 0.6 is 0 Å². The number of carbonyl (C=O) groups is 1. The van der Waals surface area contributed by atoms with Crippen molar-refractivity contribution in [1.29, 1.82) is 0 Å². The number of para-hydroxylation sites is 2. The Hall–Kier alpha value is -2.82. The molecule has 1 atom stereocenters. The molecule has 2 aliphatic rings. The first-order chi connectivity index (χ1) is 15.6. The molecule has 3 aromatic rings. The fraction of sp³-hybridized carbons (Fsp3) is 0.481. The Morgan fingerprint density at radius 3 is 2.59 bits per heavy atom. The minimum Gasteiger partial charge on any atom is -0.494 e. The van der Waals surface area contributed by atoms with E-state index in [4.69, 9.17) is 9.72 Å². The first kappa shape index (κ1) is 21.0. The Morgan fingerprint density at radius 1 is 1.06 bits per heavy atom. The van der Waals surface area contributed by atoms with Gasteiger partial charge in [0, 0.05) is 31.5 Å². The van der Waals surface area contributed by atoms with E-state index in [1.54, 1.807) is 0 Å². The summed E-state index contributed by atoms with van der Waals surface area (Å²) in [6.45, 7) is 6.84. The number of aryl methyl sites for hydroxylation is 1. The Labute approximate surface area is 190 Å². The van der Waals surface area contributed by atoms with Gasteiger partial charge in [-0.3, -0.25) is 4.79 Å². The second-order valence-electron chi connectivity index (χ2n) is 9.57. The molecule has 1 amide bonds. The maximum absolute atomic E-state index is 12.5. The number of imidazole rings is 1. The second kappa shape index (κ2) is 8.97. The van der Waals surface area contributed by atoms with Gasteiger partial charge in [-0.05, 0) is 61.4 Å². The van der Waals surface area contributed by atoms with Gasteiger partial charge in [0.2, 0.25) is 5.91 Å². The second-order valence-corrected chi connectivity index (χ2v) is 9.57. The zero-order valence-electron chi connectivity index (χ0n) is 19.2. The maximum Gasteiger partial charge on any atom is 0.223 e. The number of carbonyl (C=O) groups excluding carboxylic acids is 1. The molecule has 1 saturated heterocycles. The molecule has 32 heavy (non-hydrogen) atoms. The molecule has 2 aromatic carbocycles. The summed E-state index contributed by atoms with van der Waals surface area (Å²) in [6, 6.07) is 17.3. The molecule has 2 heterocycles. The summed E-state index contributed by atoms with van der Waals surface area (Å²) in [4.78, 5) is 19.6. The molecule has 168 valence electrons. The van der Waals surface area contributed by atoms with Gasteiger partial charge in [-0.25, -0.2) is 4.98 Å². The number of ether oxygens (including phenoxy) is 1. The summed E-state index contributed by atoms with van der Waals surface area (Å²) >= 11 is 0. The van der Waals surface area contributed by atoms with Crippen LogP contribution in [0.5, 0.6) is 5.75 Å². The predicted octanol–water partition coefficient (Wildman–Crippen LogP) is 5.50. The predicted molar refractivity (Wildman–Crippen MR) is 127 cm³/mol. The van der Waals surface area contributed by atoms with Crippen LogP contribution in [-0.2, 0) is 11.3 Å². The Kier molecular flexibility index (Phi) is 5.90. The van der Waals surface area contributed by atoms with Gasteiger partial charge in [0.1, 0.15) is 11.6 Å². The summed E-state index contributed by atoms with van der Waals surface area (Å²) in [5.74, 6) is 3.05. The van der Waals surface area contributed by atoms with Gasteiger partial charge >= 0.3 is 0 Å². The van der Waals surface area contributed by atoms with Gasteiger partial charge in [0.25, 0.3) is 0 Å². The highest BCUT2D eigenvalue weighted by atomic mass is 16.5. The molecule has 5 rings (SSSR count). The average Bonchev–Trinajstić information content (AvgIpc) is 3.47. The number of rotatable bonds is 9. The molecule has 0 spiro atoms. The highest BCUT2D eigenvalue weighted by Crippen LogP contribution is 2.37. The molecule has 5 nitrogen and oxygen atoms in total. The van der Waals surface area contributed by atoms with E-state index in [0.29, 0.717) is 30.9 Å². The summed E-state index contributed by atoms with van der Waals surface area (Å²) in [7, 11) is 0. The molecule has 0 radical (unpaired) electrons. The average molecular weight is 432 g/mol. The molecule has 0 N–H and O–H groups in total. The van der Waals surface area contributed by atoms with Crippen LogP contribution in [0.2, 0.25) is 0 Å². The van der Waals surface area contributed by atoms with Crippen molar-refractivity contribution >= 4 is 16.9 Å². The van der Waals surface area contributed by atoms with Crippen molar-refractivity contribution in [1.82, 2.24) is 14.5 Å². The largest absolute Gasteiger partial charge is 0.494 e. The normalized spacial score (nSPS) is 18.8. The van der Waals surface area contributed by atoms with Crippen LogP contribution in [0.15, 0.2) is 48.5 Å². The molecule has 1 aliphatic carbocycles. The van der Waals surface area contributed by atoms with Crippen LogP contribution < -0.4 is 4.74 Å². The van der Waals surface area contributed by atoms with Crippen LogP contribution in [0.4, 0.5) is 0 Å². The summed E-state index contributed by atoms with van der Waals surface area (Å²) in [5.41, 5.74) is 3.54. The first-order valence-electron chi connectivity index (χ1n) is 12.1. The van der Waals surface area contributed by atoms with E-state index in [2.05, 4.69) is 65.8 Å². The lowest BCUT2D eigenvalue weighted by Crippen LogP contribution is -2.27. The lowest BCUT2D eigenvalue weighted by molar-refractivity contribution is -0.128. The van der Waals surface area contributed by atoms with E-state index in [9.17, 15) is 4.79 Å². The minimum absolute atomic E-state index is 0.200. The highest BCUT2D eigenvalue weighted by Gasteiger charge is 2.41. The zero-order valence-corrected chi connectivity index (χ0v) is 19.2. The third-order valence-electron chi connectivity index (χ3n) is 6.79. The number of likely N-dealkylation sites (tertiary alicyclic amines) is 1. The van der Waals surface area contributed by atoms with Crippen LogP contribution in [0, 0.1) is 0 Å². The van der Waals surface area contributed by atoms with E-state index in [1.807, 2.05) is 6.07 Å². The van der Waals surface area contributed by atoms with Gasteiger partial charge in [-0.15, -0.1) is 0 Å². The topological polar surface area (TPSA) is 47.4 Å². The fourth-order valence-electron chi connectivity index (χ4n) is 4.80. The molecule has 1 saturated carbocycles. The molecule has 5 heteroatoms. The highest BCUT2D eigenvalue weighted by molar-refractivity contribution is 5.81. The van der Waals surface area contributed by atoms with Crippen LogP contribution in [0.1, 0.15) is 69.2 Å². The number of unbranched alkanes of at least 4 members (excludes halogenated alkanes) is 1. The molecular weight excluding hydrogens is 398 g/mol. The van der Waals surface area contributed by atoms with Crippen molar-refractivity contribution in [2.24, 2.45) is 0 Å². The number of hydrogen-bond donors (Lipinski definition) is 0. The van der Waals surface area contributed by atoms with Gasteiger partial charge in [0.05, 0.1) is 17.6 Å². The van der Waals surface area contributed by atoms with Crippen molar-refractivity contribution in [2.75, 3.05) is 13.2 Å². The van der Waals surface area contributed by atoms with Crippen molar-refractivity contribution in [3.8, 4) is 5.75 Å². The van der Waals surface area contributed by atoms with Crippen molar-refractivity contribution in [2.45, 2.75) is 70.4 Å². The number of nitrogens with zero attached hydrogens (tertiary/aromatic N) is 3. The van der Waals surface area contributed by atoms with Gasteiger partial charge < -0.3 is 14.2 Å². The maximum atomic E-state index is 12.5. The molecule has 0 bridgehead atoms. The molecule has 1 unspecified atom stereocenters. The monoisotopic (exact) mass is 431 g/mol. The van der Waals surface area contributed by atoms with Gasteiger partial charge in [-0.2, -0.15) is 0 Å². The van der Waals surface area contributed by atoms with Crippen molar-refractivity contribution in [3.63, 3.8) is 0 Å². The first-order valence-corrected chi connectivity index (χ1v) is 12.1. The molecule has 1 aromatic heterocycles. The zero-order chi connectivity index (χ0) is 22.1. The Balaban J connectivity index is 1.22. The summed E-state index contributed by atoms with van der Waals surface area (Å²) in [6.07, 6.45) is 4.92. The third-order valence-corrected chi connectivity index (χ3v) is 6.79. The van der Waals surface area contributed by atoms with E-state index in [-0.39, 0.29) is 5.92 Å². The smallest absolute Gasteiger partial charge is 0.223 e. The summed E-state index contributed by atoms with van der Waals surface area (Å²) in [5, 5.41) is 0. The Morgan fingerprint density at radius 2 is 1.84 bits per heavy atom. The fourth-order valence-corrected chi connectivity index (χ4v) is 4.80. The SMILES string of the molecule is CC(C)c1ccc(OCCCCn2c(C3CC(=O)N(C4CC4)C3)nc3ccccc32)cc1. The standard InChI is InChI=1S/C27H33N3O2/c1-19(2)20-9-13-23(14-10-20)32-16-6-5-15-29-25-8-4-3-7-24(25)28-27(29)21-17-26(31)30(18-21)22-11-12-22/h3-4,7-10,13-14,19,21-22H,5-6,11-12,15-18H2,1-2H3. The molecule has 2 fully saturated rings. The van der Waals surface area contributed by atoms with Crippen LogP contribution in [0.3, 0.4) is 0 Å². The van der Waals surface area contributed by atoms with E-state index >= 15 is 0 Å². The quantitative estimate of drug-likeness (QED) is 0.421. The minimum atomic E-state index is 0.200. The number of aromatic nitrogens is 2. The van der Waals surface area contributed by atoms with Crippen LogP contribution in [0.25, 0.3) is 11.0 Å². The number of benzene rings is 2. The van der Waals surface area contributed by atoms with E-state index in [1.165, 1.54) is 11.1 Å². The van der Waals surface area contributed by atoms with Crippen molar-refractivity contribution in [3.05, 3.63) is 59.9 Å².